The van der Waals surface area contributed by atoms with Crippen LogP contribution in [-0.4, -0.2) is 31.6 Å². The van der Waals surface area contributed by atoms with Crippen molar-refractivity contribution in [1.82, 2.24) is 25.0 Å². The summed E-state index contributed by atoms with van der Waals surface area (Å²) in [5.74, 6) is 2.79. The Labute approximate surface area is 135 Å². The lowest BCUT2D eigenvalue weighted by Crippen LogP contribution is -2.40. The number of aromatic nitrogens is 4. The maximum Gasteiger partial charge on any atom is 0.226 e. The number of nitrogens with one attached hydrogen (secondary N) is 1. The van der Waals surface area contributed by atoms with Gasteiger partial charge in [0.1, 0.15) is 5.82 Å². The van der Waals surface area contributed by atoms with Crippen molar-refractivity contribution in [3.8, 4) is 0 Å². The first kappa shape index (κ1) is 15.7. The molecule has 3 rings (SSSR count). The van der Waals surface area contributed by atoms with Crippen LogP contribution in [0, 0.1) is 0 Å². The first-order valence-corrected chi connectivity index (χ1v) is 8.23. The van der Waals surface area contributed by atoms with Gasteiger partial charge in [-0.05, 0) is 12.8 Å². The molecule has 0 fully saturated rings. The van der Waals surface area contributed by atoms with E-state index in [0.29, 0.717) is 25.2 Å². The molecule has 0 unspecified atom stereocenters. The van der Waals surface area contributed by atoms with Gasteiger partial charge in [0.2, 0.25) is 11.8 Å². The van der Waals surface area contributed by atoms with Crippen LogP contribution in [0.15, 0.2) is 16.9 Å². The lowest BCUT2D eigenvalue weighted by Gasteiger charge is -2.24. The van der Waals surface area contributed by atoms with Crippen molar-refractivity contribution in [2.75, 3.05) is 0 Å². The molecule has 0 bridgehead atoms. The highest BCUT2D eigenvalue weighted by Crippen LogP contribution is 2.14. The average molecular weight is 317 g/mol. The fraction of sp³-hybridized carbons (Fsp3) is 0.625. The van der Waals surface area contributed by atoms with Crippen molar-refractivity contribution in [3.63, 3.8) is 0 Å². The van der Waals surface area contributed by atoms with Gasteiger partial charge in [0.05, 0.1) is 0 Å². The first-order valence-electron chi connectivity index (χ1n) is 8.23. The molecule has 2 aromatic rings. The lowest BCUT2D eigenvalue weighted by molar-refractivity contribution is -0.122. The number of hydrogen-bond acceptors (Lipinski definition) is 5. The predicted molar refractivity (Wildman–Crippen MR) is 83.8 cm³/mol. The molecule has 1 atom stereocenters. The fourth-order valence-corrected chi connectivity index (χ4v) is 2.79. The summed E-state index contributed by atoms with van der Waals surface area (Å²) in [5.41, 5.74) is 0. The molecule has 7 heteroatoms. The molecule has 0 saturated heterocycles. The van der Waals surface area contributed by atoms with E-state index in [4.69, 9.17) is 4.52 Å². The van der Waals surface area contributed by atoms with Gasteiger partial charge < -0.3 is 14.4 Å². The standard InChI is InChI=1S/C16H23N5O2/c1-11(2)16-19-15(23-20-16)5-3-4-14(22)18-12-6-7-13-17-8-9-21(13)10-12/h8-9,11-12H,3-7,10H2,1-2H3,(H,18,22)/t12-/m0/s1. The number of nitrogens with zero attached hydrogens (tertiary/aromatic N) is 4. The smallest absolute Gasteiger partial charge is 0.226 e. The van der Waals surface area contributed by atoms with Gasteiger partial charge in [-0.3, -0.25) is 4.79 Å². The van der Waals surface area contributed by atoms with Crippen LogP contribution in [0.1, 0.15) is 56.6 Å². The van der Waals surface area contributed by atoms with Crippen LogP contribution in [0.3, 0.4) is 0 Å². The molecule has 1 N–H and O–H groups in total. The third-order valence-corrected chi connectivity index (χ3v) is 4.09. The quantitative estimate of drug-likeness (QED) is 0.878. The van der Waals surface area contributed by atoms with Crippen LogP contribution >= 0.6 is 0 Å². The number of amides is 1. The molecule has 1 aliphatic heterocycles. The summed E-state index contributed by atoms with van der Waals surface area (Å²) in [5, 5.41) is 7.03. The van der Waals surface area contributed by atoms with Crippen molar-refractivity contribution in [1.29, 1.82) is 0 Å². The van der Waals surface area contributed by atoms with Gasteiger partial charge in [-0.1, -0.05) is 19.0 Å². The van der Waals surface area contributed by atoms with E-state index >= 15 is 0 Å². The maximum absolute atomic E-state index is 12.1. The number of imidazole rings is 1. The predicted octanol–water partition coefficient (Wildman–Crippen LogP) is 1.84. The van der Waals surface area contributed by atoms with Gasteiger partial charge in [-0.2, -0.15) is 4.98 Å². The Balaban J connectivity index is 1.40. The van der Waals surface area contributed by atoms with E-state index < -0.39 is 0 Å². The minimum absolute atomic E-state index is 0.0853. The Bertz CT molecular complexity index is 661. The first-order chi connectivity index (χ1) is 11.1. The van der Waals surface area contributed by atoms with E-state index in [1.807, 2.05) is 26.2 Å². The van der Waals surface area contributed by atoms with Gasteiger partial charge >= 0.3 is 0 Å². The number of carbonyl (C=O) groups excluding carboxylic acids is 1. The lowest BCUT2D eigenvalue weighted by atomic mass is 10.1. The van der Waals surface area contributed by atoms with Crippen LogP contribution in [0.2, 0.25) is 0 Å². The van der Waals surface area contributed by atoms with Gasteiger partial charge in [0.25, 0.3) is 0 Å². The molecule has 23 heavy (non-hydrogen) atoms. The molecule has 7 nitrogen and oxygen atoms in total. The van der Waals surface area contributed by atoms with Crippen molar-refractivity contribution >= 4 is 5.91 Å². The Morgan fingerprint density at radius 1 is 1.52 bits per heavy atom. The number of fused-ring (bicyclic) bond motifs is 1. The topological polar surface area (TPSA) is 85.8 Å². The molecule has 2 aromatic heterocycles. The van der Waals surface area contributed by atoms with Crippen LogP contribution in [0.5, 0.6) is 0 Å². The van der Waals surface area contributed by atoms with E-state index in [-0.39, 0.29) is 17.9 Å². The third kappa shape index (κ3) is 3.97. The van der Waals surface area contributed by atoms with Crippen molar-refractivity contribution in [2.45, 2.75) is 64.5 Å². The van der Waals surface area contributed by atoms with Crippen molar-refractivity contribution in [3.05, 3.63) is 29.9 Å². The zero-order chi connectivity index (χ0) is 16.2. The van der Waals surface area contributed by atoms with Crippen LogP contribution in [0.4, 0.5) is 0 Å². The summed E-state index contributed by atoms with van der Waals surface area (Å²) in [6.07, 6.45) is 7.48. The molecular weight excluding hydrogens is 294 g/mol. The minimum atomic E-state index is 0.0853. The minimum Gasteiger partial charge on any atom is -0.352 e. The van der Waals surface area contributed by atoms with Crippen molar-refractivity contribution < 1.29 is 9.32 Å². The Morgan fingerprint density at radius 3 is 3.17 bits per heavy atom. The largest absolute Gasteiger partial charge is 0.352 e. The summed E-state index contributed by atoms with van der Waals surface area (Å²) >= 11 is 0. The van der Waals surface area contributed by atoms with Crippen LogP contribution in [0.25, 0.3) is 0 Å². The summed E-state index contributed by atoms with van der Waals surface area (Å²) in [6.45, 7) is 4.86. The van der Waals surface area contributed by atoms with Gasteiger partial charge in [-0.25, -0.2) is 4.98 Å². The van der Waals surface area contributed by atoms with E-state index in [0.717, 1.165) is 31.0 Å². The highest BCUT2D eigenvalue weighted by atomic mass is 16.5. The van der Waals surface area contributed by atoms with Crippen molar-refractivity contribution in [2.24, 2.45) is 0 Å². The SMILES string of the molecule is CC(C)c1noc(CCCC(=O)N[C@H]2CCc3nccn3C2)n1. The highest BCUT2D eigenvalue weighted by molar-refractivity contribution is 5.76. The monoisotopic (exact) mass is 317 g/mol. The number of carbonyl (C=O) groups is 1. The number of hydrogen-bond donors (Lipinski definition) is 1. The molecule has 1 aliphatic rings. The number of rotatable bonds is 6. The van der Waals surface area contributed by atoms with E-state index in [9.17, 15) is 4.79 Å². The molecule has 0 saturated carbocycles. The molecule has 1 amide bonds. The van der Waals surface area contributed by atoms with Gasteiger partial charge in [-0.15, -0.1) is 0 Å². The molecule has 124 valence electrons. The van der Waals surface area contributed by atoms with Gasteiger partial charge in [0, 0.05) is 50.2 Å². The fourth-order valence-electron chi connectivity index (χ4n) is 2.79. The zero-order valence-electron chi connectivity index (χ0n) is 13.7. The molecule has 0 aliphatic carbocycles. The highest BCUT2D eigenvalue weighted by Gasteiger charge is 2.20. The molecule has 0 aromatic carbocycles. The van der Waals surface area contributed by atoms with E-state index in [1.165, 1.54) is 0 Å². The maximum atomic E-state index is 12.1. The molecule has 0 spiro atoms. The average Bonchev–Trinajstić information content (AvgIpc) is 3.15. The van der Waals surface area contributed by atoms with Crippen LogP contribution in [-0.2, 0) is 24.2 Å². The second-order valence-corrected chi connectivity index (χ2v) is 6.35. The zero-order valence-corrected chi connectivity index (χ0v) is 13.7. The number of aryl methyl sites for hydroxylation is 2. The van der Waals surface area contributed by atoms with E-state index in [2.05, 4.69) is 25.0 Å². The summed E-state index contributed by atoms with van der Waals surface area (Å²) in [6, 6.07) is 0.195. The Hall–Kier alpha value is -2.18. The van der Waals surface area contributed by atoms with Gasteiger partial charge in [0.15, 0.2) is 5.82 Å². The molecule has 0 radical (unpaired) electrons. The Morgan fingerprint density at radius 2 is 2.39 bits per heavy atom. The summed E-state index contributed by atoms with van der Waals surface area (Å²) < 4.78 is 7.30. The normalized spacial score (nSPS) is 17.3. The second-order valence-electron chi connectivity index (χ2n) is 6.35. The molecular formula is C16H23N5O2. The summed E-state index contributed by atoms with van der Waals surface area (Å²) in [7, 11) is 0. The third-order valence-electron chi connectivity index (χ3n) is 4.09. The van der Waals surface area contributed by atoms with E-state index in [1.54, 1.807) is 0 Å². The van der Waals surface area contributed by atoms with Crippen LogP contribution < -0.4 is 5.32 Å². The summed E-state index contributed by atoms with van der Waals surface area (Å²) in [4.78, 5) is 20.7. The second kappa shape index (κ2) is 6.93. The molecule has 3 heterocycles. The Kier molecular flexibility index (Phi) is 4.73.